The molecule has 0 aliphatic heterocycles. The Hall–Kier alpha value is -6.12. The molecule has 2 heteroatoms. The van der Waals surface area contributed by atoms with Gasteiger partial charge in [0.05, 0.1) is 0 Å². The van der Waals surface area contributed by atoms with Crippen molar-refractivity contribution in [3.63, 3.8) is 0 Å². The Labute approximate surface area is 265 Å². The molecular formula is C44H27NO. The molecular weight excluding hydrogens is 558 g/mol. The van der Waals surface area contributed by atoms with Gasteiger partial charge in [-0.1, -0.05) is 115 Å². The van der Waals surface area contributed by atoms with Crippen LogP contribution in [0.2, 0.25) is 0 Å². The molecule has 0 saturated carbocycles. The average molecular weight is 586 g/mol. The largest absolute Gasteiger partial charge is 0.455 e. The molecule has 2 heterocycles. The van der Waals surface area contributed by atoms with Crippen molar-refractivity contribution in [3.05, 3.63) is 158 Å². The number of nitrogens with one attached hydrogen (secondary N) is 1. The maximum Gasteiger partial charge on any atom is 0.143 e. The molecule has 0 saturated heterocycles. The topological polar surface area (TPSA) is 28.9 Å². The molecule has 2 aromatic heterocycles. The molecule has 0 radical (unpaired) electrons. The molecule has 0 aliphatic carbocycles. The zero-order valence-corrected chi connectivity index (χ0v) is 24.9. The van der Waals surface area contributed by atoms with E-state index in [0.29, 0.717) is 0 Å². The second-order valence-corrected chi connectivity index (χ2v) is 12.2. The molecule has 0 bridgehead atoms. The lowest BCUT2D eigenvalue weighted by Crippen LogP contribution is -1.86. The first-order valence-electron chi connectivity index (χ1n) is 15.8. The van der Waals surface area contributed by atoms with Crippen molar-refractivity contribution in [3.8, 4) is 33.4 Å². The van der Waals surface area contributed by atoms with Gasteiger partial charge in [-0.2, -0.15) is 0 Å². The van der Waals surface area contributed by atoms with E-state index in [-0.39, 0.29) is 0 Å². The summed E-state index contributed by atoms with van der Waals surface area (Å²) in [5, 5.41) is 9.65. The quantitative estimate of drug-likeness (QED) is 0.220. The third kappa shape index (κ3) is 3.77. The summed E-state index contributed by atoms with van der Waals surface area (Å²) in [5.74, 6) is 0. The maximum atomic E-state index is 6.77. The first-order chi connectivity index (χ1) is 22.8. The number of benzene rings is 8. The average Bonchev–Trinajstić information content (AvgIpc) is 3.68. The molecule has 214 valence electrons. The van der Waals surface area contributed by atoms with Crippen LogP contribution < -0.4 is 0 Å². The van der Waals surface area contributed by atoms with E-state index in [1.807, 2.05) is 0 Å². The lowest BCUT2D eigenvalue weighted by Gasteiger charge is -2.11. The van der Waals surface area contributed by atoms with Crippen LogP contribution in [0.25, 0.3) is 98.7 Å². The summed E-state index contributed by atoms with van der Waals surface area (Å²) in [6.45, 7) is 0. The van der Waals surface area contributed by atoms with E-state index in [4.69, 9.17) is 4.42 Å². The highest BCUT2D eigenvalue weighted by atomic mass is 16.3. The molecule has 8 aromatic carbocycles. The summed E-state index contributed by atoms with van der Waals surface area (Å²) in [4.78, 5) is 3.58. The predicted octanol–water partition coefficient (Wildman–Crippen LogP) is 12.5. The van der Waals surface area contributed by atoms with Crippen molar-refractivity contribution in [1.29, 1.82) is 0 Å². The minimum atomic E-state index is 0.892. The van der Waals surface area contributed by atoms with Crippen LogP contribution >= 0.6 is 0 Å². The fourth-order valence-corrected chi connectivity index (χ4v) is 7.39. The van der Waals surface area contributed by atoms with Gasteiger partial charge in [-0.25, -0.2) is 0 Å². The van der Waals surface area contributed by atoms with Gasteiger partial charge in [0.25, 0.3) is 0 Å². The SMILES string of the molecule is c1ccc2c(-c3ccc4oc5c(-c6ccc7[nH]c8ccccc8c7c6)cc(-c6cccc7ccccc67)cc5c4c3)cccc2c1. The Morgan fingerprint density at radius 3 is 1.70 bits per heavy atom. The van der Waals surface area contributed by atoms with Crippen LogP contribution in [0.3, 0.4) is 0 Å². The van der Waals surface area contributed by atoms with Crippen LogP contribution in [-0.2, 0) is 0 Å². The van der Waals surface area contributed by atoms with Gasteiger partial charge in [-0.3, -0.25) is 0 Å². The molecule has 10 aromatic rings. The van der Waals surface area contributed by atoms with Gasteiger partial charge in [0, 0.05) is 38.1 Å². The number of hydrogen-bond acceptors (Lipinski definition) is 1. The standard InChI is InChI=1S/C44H27NO/c1-3-13-32-27(9-1)11-7-16-34(32)29-20-22-43-39(24-29)40-26-31(35-17-8-12-28-10-2-4-14-33(28)35)25-37(44(40)46-43)30-19-21-42-38(23-30)36-15-5-6-18-41(36)45-42/h1-26,45H. The molecule has 46 heavy (non-hydrogen) atoms. The second kappa shape index (κ2) is 9.69. The van der Waals surface area contributed by atoms with Gasteiger partial charge in [0.1, 0.15) is 11.2 Å². The molecule has 1 N–H and O–H groups in total. The van der Waals surface area contributed by atoms with Crippen LogP contribution in [-0.4, -0.2) is 4.98 Å². The molecule has 0 spiro atoms. The molecule has 0 aliphatic rings. The minimum absolute atomic E-state index is 0.892. The van der Waals surface area contributed by atoms with Crippen molar-refractivity contribution in [2.24, 2.45) is 0 Å². The first-order valence-corrected chi connectivity index (χ1v) is 15.8. The number of aromatic amines is 1. The van der Waals surface area contributed by atoms with Crippen LogP contribution in [0.1, 0.15) is 0 Å². The fraction of sp³-hybridized carbons (Fsp3) is 0. The summed E-state index contributed by atoms with van der Waals surface area (Å²) in [7, 11) is 0. The van der Waals surface area contributed by atoms with Crippen molar-refractivity contribution < 1.29 is 4.42 Å². The number of aromatic nitrogens is 1. The van der Waals surface area contributed by atoms with Crippen molar-refractivity contribution in [2.75, 3.05) is 0 Å². The van der Waals surface area contributed by atoms with E-state index < -0.39 is 0 Å². The predicted molar refractivity (Wildman–Crippen MR) is 194 cm³/mol. The maximum absolute atomic E-state index is 6.77. The van der Waals surface area contributed by atoms with Crippen LogP contribution in [0.15, 0.2) is 162 Å². The van der Waals surface area contributed by atoms with Gasteiger partial charge in [0.15, 0.2) is 0 Å². The van der Waals surface area contributed by atoms with Gasteiger partial charge < -0.3 is 9.40 Å². The highest BCUT2D eigenvalue weighted by Crippen LogP contribution is 2.43. The first kappa shape index (κ1) is 25.2. The molecule has 0 fully saturated rings. The van der Waals surface area contributed by atoms with Gasteiger partial charge in [-0.05, 0) is 91.8 Å². The summed E-state index contributed by atoms with van der Waals surface area (Å²) >= 11 is 0. The van der Waals surface area contributed by atoms with E-state index in [2.05, 4.69) is 163 Å². The zero-order chi connectivity index (χ0) is 30.2. The summed E-state index contributed by atoms with van der Waals surface area (Å²) in [5.41, 5.74) is 11.1. The minimum Gasteiger partial charge on any atom is -0.455 e. The molecule has 2 nitrogen and oxygen atoms in total. The van der Waals surface area contributed by atoms with E-state index in [1.54, 1.807) is 0 Å². The van der Waals surface area contributed by atoms with Crippen LogP contribution in [0.4, 0.5) is 0 Å². The van der Waals surface area contributed by atoms with Gasteiger partial charge in [0.2, 0.25) is 0 Å². The third-order valence-electron chi connectivity index (χ3n) is 9.59. The Morgan fingerprint density at radius 2 is 0.913 bits per heavy atom. The number of fused-ring (bicyclic) bond motifs is 8. The summed E-state index contributed by atoms with van der Waals surface area (Å²) < 4.78 is 6.77. The molecule has 10 rings (SSSR count). The lowest BCUT2D eigenvalue weighted by atomic mass is 9.92. The third-order valence-corrected chi connectivity index (χ3v) is 9.59. The number of para-hydroxylation sites is 1. The monoisotopic (exact) mass is 585 g/mol. The van der Waals surface area contributed by atoms with Crippen molar-refractivity contribution in [2.45, 2.75) is 0 Å². The van der Waals surface area contributed by atoms with E-state index >= 15 is 0 Å². The van der Waals surface area contributed by atoms with Crippen LogP contribution in [0, 0.1) is 0 Å². The Balaban J connectivity index is 1.28. The van der Waals surface area contributed by atoms with Crippen molar-refractivity contribution in [1.82, 2.24) is 4.98 Å². The number of furan rings is 1. The molecule has 0 amide bonds. The summed E-state index contributed by atoms with van der Waals surface area (Å²) in [6, 6.07) is 56.9. The van der Waals surface area contributed by atoms with Gasteiger partial charge in [-0.15, -0.1) is 0 Å². The van der Waals surface area contributed by atoms with Crippen molar-refractivity contribution >= 4 is 65.3 Å². The lowest BCUT2D eigenvalue weighted by molar-refractivity contribution is 0.670. The fourth-order valence-electron chi connectivity index (χ4n) is 7.39. The Bertz CT molecular complexity index is 2800. The molecule has 0 atom stereocenters. The highest BCUT2D eigenvalue weighted by molar-refractivity contribution is 6.15. The summed E-state index contributed by atoms with van der Waals surface area (Å²) in [6.07, 6.45) is 0. The van der Waals surface area contributed by atoms with E-state index in [9.17, 15) is 0 Å². The smallest absolute Gasteiger partial charge is 0.143 e. The number of rotatable bonds is 3. The molecule has 0 unspecified atom stereocenters. The van der Waals surface area contributed by atoms with E-state index in [0.717, 1.165) is 44.1 Å². The highest BCUT2D eigenvalue weighted by Gasteiger charge is 2.18. The van der Waals surface area contributed by atoms with E-state index in [1.165, 1.54) is 54.6 Å². The number of hydrogen-bond donors (Lipinski definition) is 1. The van der Waals surface area contributed by atoms with Gasteiger partial charge >= 0.3 is 0 Å². The zero-order valence-electron chi connectivity index (χ0n) is 24.9. The normalized spacial score (nSPS) is 11.9. The van der Waals surface area contributed by atoms with Crippen LogP contribution in [0.5, 0.6) is 0 Å². The Morgan fingerprint density at radius 1 is 0.348 bits per heavy atom. The number of H-pyrrole nitrogens is 1. The Kier molecular flexibility index (Phi) is 5.31. The second-order valence-electron chi connectivity index (χ2n) is 12.2.